The van der Waals surface area contributed by atoms with Gasteiger partial charge >= 0.3 is 0 Å². The first kappa shape index (κ1) is 23.3. The average Bonchev–Trinajstić information content (AvgIpc) is 2.76. The Balaban J connectivity index is 1.69. The average molecular weight is 459 g/mol. The van der Waals surface area contributed by atoms with Gasteiger partial charge in [0, 0.05) is 16.5 Å². The van der Waals surface area contributed by atoms with E-state index in [1.165, 1.54) is 44.5 Å². The highest BCUT2D eigenvalue weighted by molar-refractivity contribution is 6.14. The van der Waals surface area contributed by atoms with Gasteiger partial charge in [-0.25, -0.2) is 0 Å². The number of hydrogen-bond acceptors (Lipinski definition) is 1. The summed E-state index contributed by atoms with van der Waals surface area (Å²) >= 11 is 0. The molecule has 0 heterocycles. The second-order valence-electron chi connectivity index (χ2n) is 11.0. The van der Waals surface area contributed by atoms with Crippen LogP contribution in [-0.2, 0) is 5.41 Å². The van der Waals surface area contributed by atoms with Crippen LogP contribution in [0.25, 0.3) is 22.3 Å². The lowest BCUT2D eigenvalue weighted by Gasteiger charge is -2.35. The minimum atomic E-state index is -0.246. The summed E-state index contributed by atoms with van der Waals surface area (Å²) in [6.07, 6.45) is 0. The van der Waals surface area contributed by atoms with Crippen molar-refractivity contribution in [2.75, 3.05) is 0 Å². The molecule has 0 aliphatic heterocycles. The zero-order chi connectivity index (χ0) is 25.2. The molecule has 0 fully saturated rings. The van der Waals surface area contributed by atoms with Crippen molar-refractivity contribution >= 4 is 5.78 Å². The van der Waals surface area contributed by atoms with Crippen LogP contribution >= 0.6 is 0 Å². The number of hydrogen-bond donors (Lipinski definition) is 0. The van der Waals surface area contributed by atoms with Crippen molar-refractivity contribution in [3.05, 3.63) is 116 Å². The normalized spacial score (nSPS) is 14.0. The third-order valence-electron chi connectivity index (χ3n) is 7.81. The number of ketones is 1. The zero-order valence-corrected chi connectivity index (χ0v) is 22.2. The second kappa shape index (κ2) is 8.05. The Hall–Kier alpha value is -3.45. The molecule has 0 aromatic heterocycles. The summed E-state index contributed by atoms with van der Waals surface area (Å²) < 4.78 is 0. The Labute approximate surface area is 209 Å². The number of benzene rings is 4. The summed E-state index contributed by atoms with van der Waals surface area (Å²) in [5.41, 5.74) is 15.8. The highest BCUT2D eigenvalue weighted by Crippen LogP contribution is 2.44. The van der Waals surface area contributed by atoms with E-state index in [1.54, 1.807) is 0 Å². The fourth-order valence-corrected chi connectivity index (χ4v) is 6.43. The molecule has 4 aromatic rings. The molecule has 0 bridgehead atoms. The monoisotopic (exact) mass is 458 g/mol. The van der Waals surface area contributed by atoms with Crippen molar-refractivity contribution in [2.45, 2.75) is 60.8 Å². The molecular weight excluding hydrogens is 424 g/mol. The van der Waals surface area contributed by atoms with Crippen LogP contribution in [0.4, 0.5) is 0 Å². The number of aryl methyl sites for hydroxylation is 6. The van der Waals surface area contributed by atoms with Gasteiger partial charge in [-0.05, 0) is 109 Å². The molecule has 4 aromatic carbocycles. The standard InChI is InChI=1S/C34H34O/c1-19-13-21(3)31(22(4)14-19)25-9-11-29-27(17-25)33(35)28-18-26(10-12-30(28)34(29,7)8)32-23(5)15-20(2)16-24(32)6/h9-18H,1-8H3. The molecular formula is C34H34O. The van der Waals surface area contributed by atoms with Crippen LogP contribution in [0.5, 0.6) is 0 Å². The predicted molar refractivity (Wildman–Crippen MR) is 148 cm³/mol. The maximum absolute atomic E-state index is 14.0. The van der Waals surface area contributed by atoms with E-state index in [4.69, 9.17) is 0 Å². The van der Waals surface area contributed by atoms with Gasteiger partial charge in [0.25, 0.3) is 0 Å². The fraction of sp³-hybridized carbons (Fsp3) is 0.265. The van der Waals surface area contributed by atoms with E-state index in [0.717, 1.165) is 33.4 Å². The first-order valence-corrected chi connectivity index (χ1v) is 12.5. The highest BCUT2D eigenvalue weighted by atomic mass is 16.1. The SMILES string of the molecule is Cc1cc(C)c(-c2ccc3c(c2)C(=O)c2cc(-c4c(C)cc(C)cc4C)ccc2C3(C)C)c(C)c1. The van der Waals surface area contributed by atoms with Crippen molar-refractivity contribution in [2.24, 2.45) is 0 Å². The highest BCUT2D eigenvalue weighted by Gasteiger charge is 2.37. The molecule has 0 unspecified atom stereocenters. The van der Waals surface area contributed by atoms with Gasteiger partial charge in [-0.3, -0.25) is 4.79 Å². The molecule has 1 aliphatic rings. The molecule has 0 saturated carbocycles. The second-order valence-corrected chi connectivity index (χ2v) is 11.0. The molecule has 1 aliphatic carbocycles. The van der Waals surface area contributed by atoms with E-state index >= 15 is 0 Å². The lowest BCUT2D eigenvalue weighted by molar-refractivity contribution is 0.103. The minimum absolute atomic E-state index is 0.128. The van der Waals surface area contributed by atoms with Crippen molar-refractivity contribution in [3.8, 4) is 22.3 Å². The van der Waals surface area contributed by atoms with Crippen LogP contribution in [0.2, 0.25) is 0 Å². The summed E-state index contributed by atoms with van der Waals surface area (Å²) in [6, 6.07) is 21.9. The molecule has 1 nitrogen and oxygen atoms in total. The largest absolute Gasteiger partial charge is 0.289 e. The van der Waals surface area contributed by atoms with Gasteiger partial charge in [-0.15, -0.1) is 0 Å². The summed E-state index contributed by atoms with van der Waals surface area (Å²) in [5.74, 6) is 0.128. The van der Waals surface area contributed by atoms with Crippen LogP contribution in [0.3, 0.4) is 0 Å². The molecule has 0 amide bonds. The number of carbonyl (C=O) groups is 1. The lowest BCUT2D eigenvalue weighted by Crippen LogP contribution is -2.30. The topological polar surface area (TPSA) is 17.1 Å². The van der Waals surface area contributed by atoms with Gasteiger partial charge in [0.2, 0.25) is 0 Å². The number of fused-ring (bicyclic) bond motifs is 2. The summed E-state index contributed by atoms with van der Waals surface area (Å²) in [4.78, 5) is 14.0. The van der Waals surface area contributed by atoms with Crippen LogP contribution in [-0.4, -0.2) is 5.78 Å². The Morgan fingerprint density at radius 2 is 0.857 bits per heavy atom. The van der Waals surface area contributed by atoms with Gasteiger partial charge in [0.05, 0.1) is 0 Å². The Kier molecular flexibility index (Phi) is 5.36. The molecule has 0 atom stereocenters. The van der Waals surface area contributed by atoms with Crippen molar-refractivity contribution in [3.63, 3.8) is 0 Å². The Morgan fingerprint density at radius 3 is 1.20 bits per heavy atom. The van der Waals surface area contributed by atoms with Crippen LogP contribution < -0.4 is 0 Å². The molecule has 5 rings (SSSR count). The zero-order valence-electron chi connectivity index (χ0n) is 22.2. The molecule has 35 heavy (non-hydrogen) atoms. The van der Waals surface area contributed by atoms with Gasteiger partial charge in [-0.1, -0.05) is 73.5 Å². The van der Waals surface area contributed by atoms with Crippen molar-refractivity contribution < 1.29 is 4.79 Å². The van der Waals surface area contributed by atoms with Crippen molar-refractivity contribution in [1.29, 1.82) is 0 Å². The van der Waals surface area contributed by atoms with E-state index in [2.05, 4.69) is 116 Å². The fourth-order valence-electron chi connectivity index (χ4n) is 6.43. The molecule has 0 N–H and O–H groups in total. The summed E-state index contributed by atoms with van der Waals surface area (Å²) in [5, 5.41) is 0. The van der Waals surface area contributed by atoms with E-state index in [9.17, 15) is 4.79 Å². The van der Waals surface area contributed by atoms with Crippen LogP contribution in [0, 0.1) is 41.5 Å². The van der Waals surface area contributed by atoms with Gasteiger partial charge < -0.3 is 0 Å². The van der Waals surface area contributed by atoms with E-state index in [0.29, 0.717) is 0 Å². The predicted octanol–water partition coefficient (Wildman–Crippen LogP) is 8.74. The number of rotatable bonds is 2. The molecule has 0 spiro atoms. The molecule has 0 radical (unpaired) electrons. The Morgan fingerprint density at radius 1 is 0.514 bits per heavy atom. The minimum Gasteiger partial charge on any atom is -0.289 e. The van der Waals surface area contributed by atoms with Gasteiger partial charge in [0.15, 0.2) is 5.78 Å². The maximum Gasteiger partial charge on any atom is 0.193 e. The smallest absolute Gasteiger partial charge is 0.193 e. The first-order valence-electron chi connectivity index (χ1n) is 12.5. The summed E-state index contributed by atoms with van der Waals surface area (Å²) in [6.45, 7) is 17.4. The van der Waals surface area contributed by atoms with E-state index in [1.807, 2.05) is 0 Å². The first-order chi connectivity index (χ1) is 16.5. The van der Waals surface area contributed by atoms with Crippen molar-refractivity contribution in [1.82, 2.24) is 0 Å². The number of carbonyl (C=O) groups excluding carboxylic acids is 1. The van der Waals surface area contributed by atoms with Gasteiger partial charge in [0.1, 0.15) is 0 Å². The van der Waals surface area contributed by atoms with Gasteiger partial charge in [-0.2, -0.15) is 0 Å². The lowest BCUT2D eigenvalue weighted by atomic mass is 9.67. The van der Waals surface area contributed by atoms with E-state index in [-0.39, 0.29) is 11.2 Å². The maximum atomic E-state index is 14.0. The molecule has 0 saturated heterocycles. The third-order valence-corrected chi connectivity index (χ3v) is 7.81. The quantitative estimate of drug-likeness (QED) is 0.293. The van der Waals surface area contributed by atoms with Crippen LogP contribution in [0.15, 0.2) is 60.7 Å². The summed E-state index contributed by atoms with van der Waals surface area (Å²) in [7, 11) is 0. The van der Waals surface area contributed by atoms with E-state index < -0.39 is 0 Å². The van der Waals surface area contributed by atoms with Crippen LogP contribution in [0.1, 0.15) is 74.3 Å². The third kappa shape index (κ3) is 3.65. The molecule has 176 valence electrons. The Bertz CT molecular complexity index is 1370. The molecule has 1 heteroatoms.